The summed E-state index contributed by atoms with van der Waals surface area (Å²) in [7, 11) is 0. The SMILES string of the molecule is OC[C@@H]1CCCN1c1nc(Cl)nc(Cl)c1O. The molecule has 1 aliphatic heterocycles. The van der Waals surface area contributed by atoms with E-state index in [1.165, 1.54) is 0 Å². The minimum atomic E-state index is -0.189. The number of anilines is 1. The molecule has 16 heavy (non-hydrogen) atoms. The minimum Gasteiger partial charge on any atom is -0.502 e. The monoisotopic (exact) mass is 263 g/mol. The van der Waals surface area contributed by atoms with Crippen molar-refractivity contribution in [3.8, 4) is 5.75 Å². The van der Waals surface area contributed by atoms with Crippen molar-refractivity contribution in [1.82, 2.24) is 9.97 Å². The minimum absolute atomic E-state index is 0.0126. The summed E-state index contributed by atoms with van der Waals surface area (Å²) in [6.07, 6.45) is 1.79. The molecule has 2 rings (SSSR count). The number of hydrogen-bond donors (Lipinski definition) is 2. The molecule has 0 unspecified atom stereocenters. The van der Waals surface area contributed by atoms with Crippen LogP contribution in [0.2, 0.25) is 10.4 Å². The van der Waals surface area contributed by atoms with Gasteiger partial charge >= 0.3 is 0 Å². The summed E-state index contributed by atoms with van der Waals surface area (Å²) in [6, 6.07) is -0.0482. The number of aromatic nitrogens is 2. The van der Waals surface area contributed by atoms with E-state index < -0.39 is 0 Å². The maximum Gasteiger partial charge on any atom is 0.226 e. The van der Waals surface area contributed by atoms with E-state index in [-0.39, 0.29) is 28.8 Å². The Morgan fingerprint density at radius 3 is 2.81 bits per heavy atom. The molecule has 5 nitrogen and oxygen atoms in total. The smallest absolute Gasteiger partial charge is 0.226 e. The molecule has 2 heterocycles. The summed E-state index contributed by atoms with van der Waals surface area (Å²) < 4.78 is 0. The average Bonchev–Trinajstić information content (AvgIpc) is 2.71. The Bertz CT molecular complexity index is 403. The number of rotatable bonds is 2. The molecule has 0 saturated carbocycles. The molecule has 1 aliphatic rings. The van der Waals surface area contributed by atoms with E-state index in [0.717, 1.165) is 12.8 Å². The van der Waals surface area contributed by atoms with Crippen LogP contribution in [0.3, 0.4) is 0 Å². The van der Waals surface area contributed by atoms with Gasteiger partial charge in [0.05, 0.1) is 12.6 Å². The predicted molar refractivity (Wildman–Crippen MR) is 61.2 cm³/mol. The highest BCUT2D eigenvalue weighted by atomic mass is 35.5. The van der Waals surface area contributed by atoms with Gasteiger partial charge in [-0.2, -0.15) is 4.98 Å². The highest BCUT2D eigenvalue weighted by Gasteiger charge is 2.28. The van der Waals surface area contributed by atoms with E-state index in [0.29, 0.717) is 12.4 Å². The van der Waals surface area contributed by atoms with Gasteiger partial charge in [-0.05, 0) is 24.4 Å². The summed E-state index contributed by atoms with van der Waals surface area (Å²) >= 11 is 11.4. The van der Waals surface area contributed by atoms with Crippen molar-refractivity contribution in [2.24, 2.45) is 0 Å². The van der Waals surface area contributed by atoms with Gasteiger partial charge in [0.2, 0.25) is 5.28 Å². The fourth-order valence-electron chi connectivity index (χ4n) is 1.90. The Balaban J connectivity index is 2.39. The van der Waals surface area contributed by atoms with Crippen molar-refractivity contribution < 1.29 is 10.2 Å². The van der Waals surface area contributed by atoms with Crippen LogP contribution in [0.25, 0.3) is 0 Å². The third kappa shape index (κ3) is 2.03. The number of aliphatic hydroxyl groups excluding tert-OH is 1. The lowest BCUT2D eigenvalue weighted by Crippen LogP contribution is -2.32. The van der Waals surface area contributed by atoms with Crippen molar-refractivity contribution in [3.63, 3.8) is 0 Å². The van der Waals surface area contributed by atoms with Gasteiger partial charge in [0.1, 0.15) is 0 Å². The highest BCUT2D eigenvalue weighted by Crippen LogP contribution is 2.35. The molecular weight excluding hydrogens is 253 g/mol. The van der Waals surface area contributed by atoms with Crippen molar-refractivity contribution in [3.05, 3.63) is 10.4 Å². The van der Waals surface area contributed by atoms with Gasteiger partial charge in [-0.3, -0.25) is 0 Å². The molecule has 1 saturated heterocycles. The molecule has 88 valence electrons. The zero-order valence-corrected chi connectivity index (χ0v) is 9.91. The van der Waals surface area contributed by atoms with Crippen LogP contribution in [-0.2, 0) is 0 Å². The molecule has 0 spiro atoms. The molecule has 1 aromatic heterocycles. The van der Waals surface area contributed by atoms with Gasteiger partial charge in [-0.25, -0.2) is 4.98 Å². The first kappa shape index (κ1) is 11.7. The first-order valence-corrected chi connectivity index (χ1v) is 5.68. The maximum atomic E-state index is 9.76. The lowest BCUT2D eigenvalue weighted by Gasteiger charge is -2.24. The lowest BCUT2D eigenvalue weighted by molar-refractivity contribution is 0.265. The van der Waals surface area contributed by atoms with Gasteiger partial charge in [-0.15, -0.1) is 0 Å². The van der Waals surface area contributed by atoms with E-state index in [4.69, 9.17) is 23.2 Å². The van der Waals surface area contributed by atoms with E-state index in [2.05, 4.69) is 9.97 Å². The molecule has 2 N–H and O–H groups in total. The van der Waals surface area contributed by atoms with Crippen LogP contribution < -0.4 is 4.90 Å². The number of nitrogens with zero attached hydrogens (tertiary/aromatic N) is 3. The lowest BCUT2D eigenvalue weighted by atomic mass is 10.2. The summed E-state index contributed by atoms with van der Waals surface area (Å²) in [5.41, 5.74) is 0. The average molecular weight is 264 g/mol. The van der Waals surface area contributed by atoms with E-state index >= 15 is 0 Å². The Hall–Kier alpha value is -0.780. The van der Waals surface area contributed by atoms with E-state index in [9.17, 15) is 10.2 Å². The first-order valence-electron chi connectivity index (χ1n) is 4.93. The molecule has 0 radical (unpaired) electrons. The fourth-order valence-corrected chi connectivity index (χ4v) is 2.27. The van der Waals surface area contributed by atoms with Crippen LogP contribution in [0.15, 0.2) is 0 Å². The van der Waals surface area contributed by atoms with Crippen LogP contribution in [0, 0.1) is 0 Å². The van der Waals surface area contributed by atoms with E-state index in [1.807, 2.05) is 0 Å². The molecule has 0 aromatic carbocycles. The van der Waals surface area contributed by atoms with Crippen molar-refractivity contribution in [2.75, 3.05) is 18.1 Å². The van der Waals surface area contributed by atoms with Gasteiger partial charge in [-0.1, -0.05) is 11.6 Å². The van der Waals surface area contributed by atoms with Gasteiger partial charge in [0.15, 0.2) is 16.7 Å². The second-order valence-corrected chi connectivity index (χ2v) is 4.32. The highest BCUT2D eigenvalue weighted by molar-refractivity contribution is 6.33. The maximum absolute atomic E-state index is 9.76. The third-order valence-corrected chi connectivity index (χ3v) is 3.09. The van der Waals surface area contributed by atoms with Crippen LogP contribution in [0.1, 0.15) is 12.8 Å². The van der Waals surface area contributed by atoms with Gasteiger partial charge < -0.3 is 15.1 Å². The van der Waals surface area contributed by atoms with Crippen molar-refractivity contribution in [2.45, 2.75) is 18.9 Å². The quantitative estimate of drug-likeness (QED) is 0.625. The van der Waals surface area contributed by atoms with Crippen molar-refractivity contribution in [1.29, 1.82) is 0 Å². The van der Waals surface area contributed by atoms with Gasteiger partial charge in [0.25, 0.3) is 0 Å². The molecular formula is C9H11Cl2N3O2. The Labute approximate surface area is 103 Å². The number of aromatic hydroxyl groups is 1. The van der Waals surface area contributed by atoms with E-state index in [1.54, 1.807) is 4.90 Å². The number of hydrogen-bond acceptors (Lipinski definition) is 5. The summed E-state index contributed by atoms with van der Waals surface area (Å²) in [5.74, 6) is 0.105. The molecule has 7 heteroatoms. The van der Waals surface area contributed by atoms with Crippen LogP contribution in [0.4, 0.5) is 5.82 Å². The molecule has 1 fully saturated rings. The molecule has 1 aromatic rings. The molecule has 0 aliphatic carbocycles. The molecule has 1 atom stereocenters. The Morgan fingerprint density at radius 2 is 2.12 bits per heavy atom. The standard InChI is InChI=1S/C9H11Cl2N3O2/c10-7-6(16)8(13-9(11)12-7)14-3-1-2-5(14)4-15/h5,15-16H,1-4H2/t5-/m0/s1. The number of halogens is 2. The van der Waals surface area contributed by atoms with Crippen LogP contribution in [0.5, 0.6) is 5.75 Å². The van der Waals surface area contributed by atoms with Gasteiger partial charge in [0, 0.05) is 6.54 Å². The predicted octanol–water partition coefficient (Wildman–Crippen LogP) is 1.45. The summed E-state index contributed by atoms with van der Waals surface area (Å²) in [6.45, 7) is 0.723. The zero-order chi connectivity index (χ0) is 11.7. The molecule has 0 bridgehead atoms. The Morgan fingerprint density at radius 1 is 1.38 bits per heavy atom. The zero-order valence-electron chi connectivity index (χ0n) is 8.40. The normalized spacial score (nSPS) is 20.4. The van der Waals surface area contributed by atoms with Crippen LogP contribution >= 0.6 is 23.2 Å². The second kappa shape index (κ2) is 4.61. The topological polar surface area (TPSA) is 69.5 Å². The third-order valence-electron chi connectivity index (χ3n) is 2.66. The second-order valence-electron chi connectivity index (χ2n) is 3.63. The fraction of sp³-hybridized carbons (Fsp3) is 0.556. The summed E-state index contributed by atoms with van der Waals surface area (Å²) in [5, 5.41) is 18.9. The van der Waals surface area contributed by atoms with Crippen molar-refractivity contribution >= 4 is 29.0 Å². The number of aliphatic hydroxyl groups is 1. The largest absolute Gasteiger partial charge is 0.502 e. The van der Waals surface area contributed by atoms with Crippen LogP contribution in [-0.4, -0.2) is 39.4 Å². The molecule has 0 amide bonds. The Kier molecular flexibility index (Phi) is 3.37. The first-order chi connectivity index (χ1) is 7.63. The summed E-state index contributed by atoms with van der Waals surface area (Å²) in [4.78, 5) is 9.39.